The number of nitrogens with one attached hydrogen (secondary N) is 1. The summed E-state index contributed by atoms with van der Waals surface area (Å²) in [7, 11) is 0. The summed E-state index contributed by atoms with van der Waals surface area (Å²) in [6, 6.07) is 9.37. The molecule has 0 unspecified atom stereocenters. The van der Waals surface area contributed by atoms with Gasteiger partial charge in [0.2, 0.25) is 5.91 Å². The highest BCUT2D eigenvalue weighted by Gasteiger charge is 2.67. The minimum absolute atomic E-state index is 0.0294. The molecule has 1 N–H and O–H groups in total. The molecule has 20 heavy (non-hydrogen) atoms. The van der Waals surface area contributed by atoms with Gasteiger partial charge in [-0.3, -0.25) is 9.59 Å². The Labute approximate surface area is 125 Å². The van der Waals surface area contributed by atoms with Crippen molar-refractivity contribution < 1.29 is 14.3 Å². The number of carbonyl (C=O) groups excluding carboxylic acids is 2. The van der Waals surface area contributed by atoms with E-state index in [2.05, 4.69) is 21.2 Å². The molecule has 1 amide bonds. The zero-order valence-corrected chi connectivity index (χ0v) is 12.2. The first-order valence-electron chi connectivity index (χ1n) is 6.87. The molecular weight excluding hydrogens is 322 g/mol. The molecule has 104 valence electrons. The van der Waals surface area contributed by atoms with Gasteiger partial charge >= 0.3 is 5.97 Å². The van der Waals surface area contributed by atoms with E-state index in [-0.39, 0.29) is 46.5 Å². The van der Waals surface area contributed by atoms with Crippen LogP contribution in [0.3, 0.4) is 0 Å². The number of alkyl halides is 1. The van der Waals surface area contributed by atoms with E-state index < -0.39 is 0 Å². The van der Waals surface area contributed by atoms with Crippen molar-refractivity contribution in [3.05, 3.63) is 30.3 Å². The summed E-state index contributed by atoms with van der Waals surface area (Å²) in [6.07, 6.45) is 0.877. The summed E-state index contributed by atoms with van der Waals surface area (Å²) < 4.78 is 5.42. The lowest BCUT2D eigenvalue weighted by Gasteiger charge is -2.27. The van der Waals surface area contributed by atoms with E-state index in [4.69, 9.17) is 4.74 Å². The third kappa shape index (κ3) is 1.59. The molecule has 2 saturated carbocycles. The molecule has 0 spiro atoms. The molecule has 4 nitrogen and oxygen atoms in total. The van der Waals surface area contributed by atoms with Crippen LogP contribution >= 0.6 is 15.9 Å². The quantitative estimate of drug-likeness (QED) is 0.665. The molecule has 0 aromatic heterocycles. The third-order valence-electron chi connectivity index (χ3n) is 4.87. The topological polar surface area (TPSA) is 55.4 Å². The molecule has 3 fully saturated rings. The third-order valence-corrected chi connectivity index (χ3v) is 6.07. The Morgan fingerprint density at radius 1 is 1.25 bits per heavy atom. The summed E-state index contributed by atoms with van der Waals surface area (Å²) >= 11 is 3.61. The standard InChI is InChI=1S/C15H14BrNO3/c16-12-8-6-9-11(15(19)20-13(9)12)10(8)14(18)17-7-4-2-1-3-5-7/h1-5,8-13H,6H2,(H,17,18)/t8-,9+,10-,11-,12+,13-/m0/s1. The first-order chi connectivity index (χ1) is 9.66. The number of hydrogen-bond acceptors (Lipinski definition) is 3. The zero-order valence-electron chi connectivity index (χ0n) is 10.7. The van der Waals surface area contributed by atoms with Crippen LogP contribution in [0.25, 0.3) is 0 Å². The number of fused-ring (bicyclic) bond motifs is 1. The number of hydrogen-bond donors (Lipinski definition) is 1. The number of halogens is 1. The van der Waals surface area contributed by atoms with Gasteiger partial charge < -0.3 is 10.1 Å². The molecule has 0 radical (unpaired) electrons. The van der Waals surface area contributed by atoms with Crippen LogP contribution < -0.4 is 5.32 Å². The average Bonchev–Trinajstić information content (AvgIpc) is 3.04. The predicted molar refractivity (Wildman–Crippen MR) is 76.2 cm³/mol. The number of esters is 1. The van der Waals surface area contributed by atoms with Gasteiger partial charge in [0.25, 0.3) is 0 Å². The smallest absolute Gasteiger partial charge is 0.310 e. The second kappa shape index (κ2) is 4.32. The lowest BCUT2D eigenvalue weighted by molar-refractivity contribution is -0.145. The Balaban J connectivity index is 1.60. The van der Waals surface area contributed by atoms with Gasteiger partial charge in [0, 0.05) is 11.6 Å². The molecule has 1 aliphatic heterocycles. The van der Waals surface area contributed by atoms with Crippen LogP contribution in [0.1, 0.15) is 6.42 Å². The van der Waals surface area contributed by atoms with Gasteiger partial charge in [0.05, 0.1) is 16.7 Å². The van der Waals surface area contributed by atoms with Crippen molar-refractivity contribution in [2.24, 2.45) is 23.7 Å². The average molecular weight is 336 g/mol. The molecule has 6 atom stereocenters. The van der Waals surface area contributed by atoms with Crippen molar-refractivity contribution >= 4 is 33.5 Å². The molecular formula is C15H14BrNO3. The molecule has 4 rings (SSSR count). The van der Waals surface area contributed by atoms with Crippen LogP contribution in [0.5, 0.6) is 0 Å². The van der Waals surface area contributed by atoms with Gasteiger partial charge in [-0.1, -0.05) is 34.1 Å². The molecule has 2 bridgehead atoms. The van der Waals surface area contributed by atoms with E-state index in [9.17, 15) is 9.59 Å². The van der Waals surface area contributed by atoms with E-state index in [1.807, 2.05) is 30.3 Å². The summed E-state index contributed by atoms with van der Waals surface area (Å²) in [6.45, 7) is 0. The maximum Gasteiger partial charge on any atom is 0.310 e. The highest BCUT2D eigenvalue weighted by Crippen LogP contribution is 2.59. The predicted octanol–water partition coefficient (Wildman–Crippen LogP) is 2.20. The Bertz CT molecular complexity index is 576. The first-order valence-corrected chi connectivity index (χ1v) is 7.79. The van der Waals surface area contributed by atoms with E-state index in [1.165, 1.54) is 0 Å². The Kier molecular flexibility index (Phi) is 2.67. The van der Waals surface area contributed by atoms with E-state index in [0.717, 1.165) is 12.1 Å². The number of ether oxygens (including phenoxy) is 1. The van der Waals surface area contributed by atoms with Crippen molar-refractivity contribution in [3.63, 3.8) is 0 Å². The molecule has 1 aromatic rings. The molecule has 2 aliphatic carbocycles. The summed E-state index contributed by atoms with van der Waals surface area (Å²) in [4.78, 5) is 24.6. The van der Waals surface area contributed by atoms with Crippen LogP contribution in [-0.2, 0) is 14.3 Å². The monoisotopic (exact) mass is 335 g/mol. The van der Waals surface area contributed by atoms with Crippen molar-refractivity contribution in [2.45, 2.75) is 17.4 Å². The molecule has 1 aromatic carbocycles. The normalized spacial score (nSPS) is 40.8. The fourth-order valence-corrected chi connectivity index (χ4v) is 5.12. The lowest BCUT2D eigenvalue weighted by Crippen LogP contribution is -2.40. The van der Waals surface area contributed by atoms with Crippen LogP contribution in [-0.4, -0.2) is 22.8 Å². The van der Waals surface area contributed by atoms with Crippen LogP contribution in [0.15, 0.2) is 30.3 Å². The highest BCUT2D eigenvalue weighted by atomic mass is 79.9. The maximum atomic E-state index is 12.5. The zero-order chi connectivity index (χ0) is 13.9. The fraction of sp³-hybridized carbons (Fsp3) is 0.467. The van der Waals surface area contributed by atoms with E-state index in [0.29, 0.717) is 0 Å². The first kappa shape index (κ1) is 12.4. The largest absolute Gasteiger partial charge is 0.461 e. The van der Waals surface area contributed by atoms with Crippen molar-refractivity contribution in [1.82, 2.24) is 0 Å². The Morgan fingerprint density at radius 3 is 2.75 bits per heavy atom. The molecule has 1 saturated heterocycles. The van der Waals surface area contributed by atoms with E-state index >= 15 is 0 Å². The van der Waals surface area contributed by atoms with Crippen molar-refractivity contribution in [1.29, 1.82) is 0 Å². The van der Waals surface area contributed by atoms with E-state index in [1.54, 1.807) is 0 Å². The van der Waals surface area contributed by atoms with Gasteiger partial charge in [0.15, 0.2) is 0 Å². The summed E-state index contributed by atoms with van der Waals surface area (Å²) in [5.74, 6) is -0.361. The maximum absolute atomic E-state index is 12.5. The second-order valence-corrected chi connectivity index (χ2v) is 6.87. The second-order valence-electron chi connectivity index (χ2n) is 5.82. The molecule has 5 heteroatoms. The van der Waals surface area contributed by atoms with Gasteiger partial charge in [-0.15, -0.1) is 0 Å². The minimum atomic E-state index is -0.268. The summed E-state index contributed by atoms with van der Waals surface area (Å²) in [5, 5.41) is 2.93. The van der Waals surface area contributed by atoms with Crippen molar-refractivity contribution in [2.75, 3.05) is 5.32 Å². The Morgan fingerprint density at radius 2 is 2.00 bits per heavy atom. The number of amides is 1. The fourth-order valence-electron chi connectivity index (χ4n) is 4.08. The van der Waals surface area contributed by atoms with Gasteiger partial charge in [0.1, 0.15) is 6.10 Å². The van der Waals surface area contributed by atoms with Crippen LogP contribution in [0, 0.1) is 23.7 Å². The van der Waals surface area contributed by atoms with Crippen LogP contribution in [0.2, 0.25) is 0 Å². The highest BCUT2D eigenvalue weighted by molar-refractivity contribution is 9.09. The van der Waals surface area contributed by atoms with Crippen LogP contribution in [0.4, 0.5) is 5.69 Å². The number of anilines is 1. The lowest BCUT2D eigenvalue weighted by atomic mass is 9.79. The van der Waals surface area contributed by atoms with Gasteiger partial charge in [-0.2, -0.15) is 0 Å². The van der Waals surface area contributed by atoms with Gasteiger partial charge in [-0.05, 0) is 24.5 Å². The minimum Gasteiger partial charge on any atom is -0.461 e. The molecule has 1 heterocycles. The number of carbonyl (C=O) groups is 2. The summed E-state index contributed by atoms with van der Waals surface area (Å²) in [5.41, 5.74) is 0.773. The number of benzene rings is 1. The van der Waals surface area contributed by atoms with Gasteiger partial charge in [-0.25, -0.2) is 0 Å². The SMILES string of the molecule is O=C(Nc1ccccc1)[C@H]1[C@@H]2C[C@H]3[C@H](OC(=O)[C@@H]31)[C@@H]2Br. The van der Waals surface area contributed by atoms with Crippen molar-refractivity contribution in [3.8, 4) is 0 Å². The molecule has 3 aliphatic rings. The number of para-hydroxylation sites is 1. The number of rotatable bonds is 2. The Hall–Kier alpha value is -1.36.